The van der Waals surface area contributed by atoms with Gasteiger partial charge in [0, 0.05) is 31.9 Å². The lowest BCUT2D eigenvalue weighted by atomic mass is 10.2. The number of carbonyl (C=O) groups excluding carboxylic acids is 1. The van der Waals surface area contributed by atoms with Gasteiger partial charge in [-0.05, 0) is 6.92 Å². The van der Waals surface area contributed by atoms with E-state index in [2.05, 4.69) is 15.3 Å². The number of H-pyrrole nitrogens is 1. The van der Waals surface area contributed by atoms with Gasteiger partial charge in [-0.2, -0.15) is 5.10 Å². The Morgan fingerprint density at radius 3 is 2.77 bits per heavy atom. The summed E-state index contributed by atoms with van der Waals surface area (Å²) in [5.41, 5.74) is 1.08. The number of methoxy groups -OCH3 is 1. The second-order valence-corrected chi connectivity index (χ2v) is 4.75. The van der Waals surface area contributed by atoms with Gasteiger partial charge in [-0.3, -0.25) is 24.7 Å². The normalized spacial score (nSPS) is 10.5. The molecule has 0 saturated heterocycles. The van der Waals surface area contributed by atoms with E-state index in [1.54, 1.807) is 25.0 Å². The Morgan fingerprint density at radius 1 is 1.59 bits per heavy atom. The molecule has 0 radical (unpaired) electrons. The van der Waals surface area contributed by atoms with Crippen LogP contribution in [0.4, 0.5) is 5.69 Å². The topological polar surface area (TPSA) is 119 Å². The molecule has 2 heterocycles. The van der Waals surface area contributed by atoms with Crippen LogP contribution in [-0.4, -0.2) is 49.9 Å². The molecule has 0 aromatic carbocycles. The molecule has 0 unspecified atom stereocenters. The van der Waals surface area contributed by atoms with E-state index in [0.717, 1.165) is 11.3 Å². The molecule has 118 valence electrons. The molecule has 0 aliphatic rings. The highest BCUT2D eigenvalue weighted by Gasteiger charge is 2.31. The standard InChI is InChI=1S/C12H16N6O4/c1-7-8(5-13-17(7)3)6-16(2)12(19)9-10(18(20)21)11(22-4)15-14-9/h5H,6H2,1-4H3,(H,14,15). The van der Waals surface area contributed by atoms with E-state index in [1.165, 1.54) is 12.0 Å². The molecule has 1 N–H and O–H groups in total. The molecule has 0 saturated carbocycles. The largest absolute Gasteiger partial charge is 0.475 e. The van der Waals surface area contributed by atoms with Crippen LogP contribution < -0.4 is 4.74 Å². The summed E-state index contributed by atoms with van der Waals surface area (Å²) >= 11 is 0. The first-order chi connectivity index (χ1) is 10.4. The number of aromatic amines is 1. The van der Waals surface area contributed by atoms with Gasteiger partial charge < -0.3 is 9.64 Å². The van der Waals surface area contributed by atoms with Crippen molar-refractivity contribution in [2.24, 2.45) is 7.05 Å². The lowest BCUT2D eigenvalue weighted by Crippen LogP contribution is -2.27. The molecule has 1 amide bonds. The van der Waals surface area contributed by atoms with Crippen molar-refractivity contribution in [2.75, 3.05) is 14.2 Å². The molecule has 10 heteroatoms. The van der Waals surface area contributed by atoms with Crippen LogP contribution in [0.25, 0.3) is 0 Å². The van der Waals surface area contributed by atoms with Gasteiger partial charge in [0.05, 0.1) is 18.2 Å². The Labute approximate surface area is 125 Å². The molecule has 0 aliphatic carbocycles. The third-order valence-corrected chi connectivity index (χ3v) is 3.39. The molecular formula is C12H16N6O4. The number of nitrogens with zero attached hydrogens (tertiary/aromatic N) is 5. The molecule has 2 aromatic rings. The maximum absolute atomic E-state index is 12.4. The zero-order chi connectivity index (χ0) is 16.4. The van der Waals surface area contributed by atoms with Gasteiger partial charge in [0.15, 0.2) is 0 Å². The fourth-order valence-corrected chi connectivity index (χ4v) is 2.00. The van der Waals surface area contributed by atoms with E-state index in [4.69, 9.17) is 4.74 Å². The van der Waals surface area contributed by atoms with Crippen LogP contribution in [0.3, 0.4) is 0 Å². The van der Waals surface area contributed by atoms with Gasteiger partial charge in [0.1, 0.15) is 0 Å². The number of carbonyl (C=O) groups is 1. The van der Waals surface area contributed by atoms with Gasteiger partial charge >= 0.3 is 11.6 Å². The summed E-state index contributed by atoms with van der Waals surface area (Å²) in [5, 5.41) is 21.2. The lowest BCUT2D eigenvalue weighted by Gasteiger charge is -2.15. The van der Waals surface area contributed by atoms with Crippen molar-refractivity contribution in [3.05, 3.63) is 33.3 Å². The minimum atomic E-state index is -0.696. The Kier molecular flexibility index (Phi) is 4.11. The van der Waals surface area contributed by atoms with Crippen LogP contribution in [0.15, 0.2) is 6.20 Å². The first-order valence-corrected chi connectivity index (χ1v) is 6.36. The Balaban J connectivity index is 2.26. The molecule has 0 atom stereocenters. The van der Waals surface area contributed by atoms with Gasteiger partial charge in [0.25, 0.3) is 5.91 Å². The number of ether oxygens (including phenoxy) is 1. The third-order valence-electron chi connectivity index (χ3n) is 3.39. The number of amides is 1. The van der Waals surface area contributed by atoms with Crippen molar-refractivity contribution < 1.29 is 14.5 Å². The smallest absolute Gasteiger partial charge is 0.362 e. The number of rotatable bonds is 5. The summed E-state index contributed by atoms with van der Waals surface area (Å²) < 4.78 is 6.48. The summed E-state index contributed by atoms with van der Waals surface area (Å²) in [6, 6.07) is 0. The summed E-state index contributed by atoms with van der Waals surface area (Å²) in [4.78, 5) is 24.1. The number of aryl methyl sites for hydroxylation is 1. The molecule has 0 bridgehead atoms. The number of nitro groups is 1. The highest BCUT2D eigenvalue weighted by Crippen LogP contribution is 2.28. The summed E-state index contributed by atoms with van der Waals surface area (Å²) in [7, 11) is 4.59. The number of hydrogen-bond acceptors (Lipinski definition) is 6. The predicted octanol–water partition coefficient (Wildman–Crippen LogP) is 0.641. The highest BCUT2D eigenvalue weighted by molar-refractivity contribution is 5.96. The first-order valence-electron chi connectivity index (χ1n) is 6.36. The maximum Gasteiger partial charge on any atom is 0.362 e. The van der Waals surface area contributed by atoms with E-state index in [9.17, 15) is 14.9 Å². The molecule has 0 aliphatic heterocycles. The van der Waals surface area contributed by atoms with Gasteiger partial charge in [0.2, 0.25) is 5.69 Å². The molecule has 2 rings (SSSR count). The van der Waals surface area contributed by atoms with Crippen LogP contribution in [-0.2, 0) is 13.6 Å². The average Bonchev–Trinajstić information content (AvgIpc) is 3.04. The third kappa shape index (κ3) is 2.62. The number of nitrogens with one attached hydrogen (secondary N) is 1. The fourth-order valence-electron chi connectivity index (χ4n) is 2.00. The van der Waals surface area contributed by atoms with Gasteiger partial charge in [-0.1, -0.05) is 0 Å². The van der Waals surface area contributed by atoms with Crippen LogP contribution in [0.2, 0.25) is 0 Å². The van der Waals surface area contributed by atoms with Crippen molar-refractivity contribution in [1.29, 1.82) is 0 Å². The fraction of sp³-hybridized carbons (Fsp3) is 0.417. The molecule has 2 aromatic heterocycles. The van der Waals surface area contributed by atoms with E-state index in [1.807, 2.05) is 6.92 Å². The Morgan fingerprint density at radius 2 is 2.27 bits per heavy atom. The summed E-state index contributed by atoms with van der Waals surface area (Å²) in [6.07, 6.45) is 1.65. The zero-order valence-electron chi connectivity index (χ0n) is 12.7. The second kappa shape index (κ2) is 5.84. The number of hydrogen-bond donors (Lipinski definition) is 1. The SMILES string of the molecule is COc1n[nH]c(C(=O)N(C)Cc2cnn(C)c2C)c1[N+](=O)[O-]. The van der Waals surface area contributed by atoms with Crippen molar-refractivity contribution in [2.45, 2.75) is 13.5 Å². The van der Waals surface area contributed by atoms with Crippen LogP contribution in [0, 0.1) is 17.0 Å². The Hall–Kier alpha value is -2.91. The van der Waals surface area contributed by atoms with Crippen LogP contribution >= 0.6 is 0 Å². The molecule has 0 fully saturated rings. The molecular weight excluding hydrogens is 292 g/mol. The quantitative estimate of drug-likeness (QED) is 0.639. The summed E-state index contributed by atoms with van der Waals surface area (Å²) in [6.45, 7) is 2.15. The average molecular weight is 308 g/mol. The van der Waals surface area contributed by atoms with Crippen molar-refractivity contribution >= 4 is 11.6 Å². The van der Waals surface area contributed by atoms with Crippen LogP contribution in [0.1, 0.15) is 21.7 Å². The minimum Gasteiger partial charge on any atom is -0.475 e. The van der Waals surface area contributed by atoms with Gasteiger partial charge in [-0.25, -0.2) is 0 Å². The van der Waals surface area contributed by atoms with E-state index >= 15 is 0 Å². The van der Waals surface area contributed by atoms with Gasteiger partial charge in [-0.15, -0.1) is 5.10 Å². The van der Waals surface area contributed by atoms with E-state index < -0.39 is 16.5 Å². The van der Waals surface area contributed by atoms with Crippen LogP contribution in [0.5, 0.6) is 5.88 Å². The van der Waals surface area contributed by atoms with Crippen molar-refractivity contribution in [3.63, 3.8) is 0 Å². The zero-order valence-corrected chi connectivity index (χ0v) is 12.7. The van der Waals surface area contributed by atoms with E-state index in [-0.39, 0.29) is 18.1 Å². The van der Waals surface area contributed by atoms with Crippen molar-refractivity contribution in [1.82, 2.24) is 24.9 Å². The van der Waals surface area contributed by atoms with E-state index in [0.29, 0.717) is 0 Å². The monoisotopic (exact) mass is 308 g/mol. The molecule has 0 spiro atoms. The Bertz CT molecular complexity index is 719. The molecule has 22 heavy (non-hydrogen) atoms. The molecule has 10 nitrogen and oxygen atoms in total. The predicted molar refractivity (Wildman–Crippen MR) is 75.5 cm³/mol. The lowest BCUT2D eigenvalue weighted by molar-refractivity contribution is -0.386. The first kappa shape index (κ1) is 15.5. The maximum atomic E-state index is 12.4. The second-order valence-electron chi connectivity index (χ2n) is 4.75. The highest BCUT2D eigenvalue weighted by atomic mass is 16.6. The van der Waals surface area contributed by atoms with Crippen molar-refractivity contribution in [3.8, 4) is 5.88 Å². The summed E-state index contributed by atoms with van der Waals surface area (Å²) in [5.74, 6) is -0.773. The number of aromatic nitrogens is 4. The minimum absolute atomic E-state index is 0.217.